The van der Waals surface area contributed by atoms with Gasteiger partial charge in [0.2, 0.25) is 0 Å². The fourth-order valence-corrected chi connectivity index (χ4v) is 5.49. The summed E-state index contributed by atoms with van der Waals surface area (Å²) in [7, 11) is 0.695. The van der Waals surface area contributed by atoms with Crippen LogP contribution in [0.4, 0.5) is 0 Å². The van der Waals surface area contributed by atoms with E-state index in [1.807, 2.05) is 60.7 Å². The molecule has 0 saturated carbocycles. The Labute approximate surface area is 184 Å². The van der Waals surface area contributed by atoms with Crippen LogP contribution in [-0.2, 0) is 10.8 Å². The Hall–Kier alpha value is -2.62. The molecule has 1 aromatic heterocycles. The Kier molecular flexibility index (Phi) is 8.06. The van der Waals surface area contributed by atoms with Crippen LogP contribution >= 0.6 is 11.8 Å². The molecule has 0 fully saturated rings. The zero-order valence-corrected chi connectivity index (χ0v) is 18.8. The van der Waals surface area contributed by atoms with Gasteiger partial charge in [-0.3, -0.25) is 4.21 Å². The van der Waals surface area contributed by atoms with E-state index in [0.717, 1.165) is 41.0 Å². The second-order valence-electron chi connectivity index (χ2n) is 6.70. The Morgan fingerprint density at radius 1 is 1.10 bits per heavy atom. The fourth-order valence-electron chi connectivity index (χ4n) is 2.97. The molecule has 0 aliphatic carbocycles. The van der Waals surface area contributed by atoms with Gasteiger partial charge in [-0.15, -0.1) is 0 Å². The van der Waals surface area contributed by atoms with Crippen molar-refractivity contribution in [2.24, 2.45) is 0 Å². The van der Waals surface area contributed by atoms with Crippen molar-refractivity contribution in [3.8, 4) is 34.2 Å². The molecule has 0 amide bonds. The van der Waals surface area contributed by atoms with Crippen LogP contribution in [0, 0.1) is 11.3 Å². The molecule has 0 spiro atoms. The standard InChI is InChI=1S/C24H24N2O2S2/c1-3-4-14-30(27)17-29-24-22(16-25)21(18-8-6-5-7-9-18)15-23(26-24)19-10-12-20(28-2)13-11-19/h5-13,15H,3-4,14,17H2,1-2H3. The van der Waals surface area contributed by atoms with E-state index in [0.29, 0.717) is 21.4 Å². The van der Waals surface area contributed by atoms with Crippen molar-refractivity contribution in [1.82, 2.24) is 4.98 Å². The van der Waals surface area contributed by atoms with Crippen molar-refractivity contribution in [3.63, 3.8) is 0 Å². The van der Waals surface area contributed by atoms with Crippen LogP contribution in [0.5, 0.6) is 5.75 Å². The molecule has 3 rings (SSSR count). The summed E-state index contributed by atoms with van der Waals surface area (Å²) in [4.78, 5) is 4.77. The summed E-state index contributed by atoms with van der Waals surface area (Å²) in [6, 6.07) is 21.8. The lowest BCUT2D eigenvalue weighted by Gasteiger charge is -2.13. The molecule has 0 aliphatic heterocycles. The second kappa shape index (κ2) is 11.0. The van der Waals surface area contributed by atoms with Crippen LogP contribution in [0.15, 0.2) is 65.7 Å². The molecular weight excluding hydrogens is 412 g/mol. The third-order valence-corrected chi connectivity index (χ3v) is 7.46. The van der Waals surface area contributed by atoms with Gasteiger partial charge in [0.05, 0.1) is 23.5 Å². The first-order valence-corrected chi connectivity index (χ1v) is 12.3. The molecule has 1 atom stereocenters. The molecule has 3 aromatic rings. The van der Waals surface area contributed by atoms with Crippen LogP contribution in [-0.4, -0.2) is 27.1 Å². The summed E-state index contributed by atoms with van der Waals surface area (Å²) in [6.45, 7) is 2.09. The molecular formula is C24H24N2O2S2. The molecule has 0 saturated heterocycles. The summed E-state index contributed by atoms with van der Waals surface area (Å²) >= 11 is 1.40. The van der Waals surface area contributed by atoms with Crippen LogP contribution in [0.2, 0.25) is 0 Å². The van der Waals surface area contributed by atoms with Crippen molar-refractivity contribution < 1.29 is 8.95 Å². The molecule has 1 unspecified atom stereocenters. The third kappa shape index (κ3) is 5.50. The maximum Gasteiger partial charge on any atom is 0.118 e. The number of nitrogens with zero attached hydrogens (tertiary/aromatic N) is 2. The zero-order chi connectivity index (χ0) is 21.3. The predicted molar refractivity (Wildman–Crippen MR) is 125 cm³/mol. The summed E-state index contributed by atoms with van der Waals surface area (Å²) < 4.78 is 17.6. The average molecular weight is 437 g/mol. The summed E-state index contributed by atoms with van der Waals surface area (Å²) in [6.07, 6.45) is 1.95. The normalized spacial score (nSPS) is 11.6. The van der Waals surface area contributed by atoms with Gasteiger partial charge in [-0.25, -0.2) is 4.98 Å². The average Bonchev–Trinajstić information content (AvgIpc) is 2.81. The van der Waals surface area contributed by atoms with Crippen molar-refractivity contribution in [3.05, 3.63) is 66.2 Å². The largest absolute Gasteiger partial charge is 0.497 e. The number of ether oxygens (including phenoxy) is 1. The molecule has 0 aliphatic rings. The number of hydrogen-bond acceptors (Lipinski definition) is 5. The van der Waals surface area contributed by atoms with Crippen LogP contribution < -0.4 is 4.74 Å². The molecule has 4 nitrogen and oxygen atoms in total. The first-order chi connectivity index (χ1) is 14.7. The molecule has 0 N–H and O–H groups in total. The minimum atomic E-state index is -0.940. The van der Waals surface area contributed by atoms with Gasteiger partial charge >= 0.3 is 0 Å². The highest BCUT2D eigenvalue weighted by molar-refractivity contribution is 8.10. The topological polar surface area (TPSA) is 63.0 Å². The van der Waals surface area contributed by atoms with E-state index in [2.05, 4.69) is 13.0 Å². The molecule has 6 heteroatoms. The van der Waals surface area contributed by atoms with Gasteiger partial charge in [-0.05, 0) is 42.3 Å². The van der Waals surface area contributed by atoms with E-state index in [1.165, 1.54) is 11.8 Å². The highest BCUT2D eigenvalue weighted by Gasteiger charge is 2.16. The lowest BCUT2D eigenvalue weighted by molar-refractivity contribution is 0.415. The number of hydrogen-bond donors (Lipinski definition) is 0. The van der Waals surface area contributed by atoms with Gasteiger partial charge in [0.25, 0.3) is 0 Å². The van der Waals surface area contributed by atoms with E-state index in [4.69, 9.17) is 9.72 Å². The van der Waals surface area contributed by atoms with Gasteiger partial charge < -0.3 is 4.74 Å². The van der Waals surface area contributed by atoms with Crippen LogP contribution in [0.1, 0.15) is 25.3 Å². The second-order valence-corrected chi connectivity index (χ2v) is 9.61. The van der Waals surface area contributed by atoms with Crippen molar-refractivity contribution in [2.75, 3.05) is 17.9 Å². The Morgan fingerprint density at radius 3 is 2.47 bits per heavy atom. The highest BCUT2D eigenvalue weighted by atomic mass is 32.2. The van der Waals surface area contributed by atoms with Crippen LogP contribution in [0.25, 0.3) is 22.4 Å². The lowest BCUT2D eigenvalue weighted by atomic mass is 9.99. The highest BCUT2D eigenvalue weighted by Crippen LogP contribution is 2.34. The van der Waals surface area contributed by atoms with Crippen molar-refractivity contribution in [1.29, 1.82) is 5.26 Å². The fraction of sp³-hybridized carbons (Fsp3) is 0.250. The van der Waals surface area contributed by atoms with E-state index >= 15 is 0 Å². The van der Waals surface area contributed by atoms with Crippen molar-refractivity contribution in [2.45, 2.75) is 24.8 Å². The van der Waals surface area contributed by atoms with E-state index in [-0.39, 0.29) is 0 Å². The Balaban J connectivity index is 2.04. The molecule has 154 valence electrons. The van der Waals surface area contributed by atoms with Gasteiger partial charge in [-0.2, -0.15) is 5.26 Å². The molecule has 0 radical (unpaired) electrons. The minimum Gasteiger partial charge on any atom is -0.497 e. The smallest absolute Gasteiger partial charge is 0.118 e. The maximum atomic E-state index is 12.3. The number of benzene rings is 2. The predicted octanol–water partition coefficient (Wildman–Crippen LogP) is 5.89. The van der Waals surface area contributed by atoms with Gasteiger partial charge in [0, 0.05) is 27.7 Å². The summed E-state index contributed by atoms with van der Waals surface area (Å²) in [5.74, 6) is 1.45. The first kappa shape index (κ1) is 22.1. The number of aromatic nitrogens is 1. The number of thioether (sulfide) groups is 1. The number of nitriles is 1. The van der Waals surface area contributed by atoms with E-state index in [9.17, 15) is 9.47 Å². The molecule has 30 heavy (non-hydrogen) atoms. The number of unbranched alkanes of at least 4 members (excludes halogenated alkanes) is 1. The first-order valence-electron chi connectivity index (χ1n) is 9.79. The van der Waals surface area contributed by atoms with E-state index < -0.39 is 10.8 Å². The SMILES string of the molecule is CCCCS(=O)CSc1nc(-c2ccc(OC)cc2)cc(-c2ccccc2)c1C#N. The zero-order valence-electron chi connectivity index (χ0n) is 17.1. The number of methoxy groups -OCH3 is 1. The van der Waals surface area contributed by atoms with Gasteiger partial charge in [-0.1, -0.05) is 55.4 Å². The third-order valence-electron chi connectivity index (χ3n) is 4.62. The number of pyridine rings is 1. The summed E-state index contributed by atoms with van der Waals surface area (Å²) in [5, 5.41) is 11.0. The van der Waals surface area contributed by atoms with E-state index in [1.54, 1.807) is 7.11 Å². The molecule has 2 aromatic carbocycles. The number of rotatable bonds is 9. The van der Waals surface area contributed by atoms with Crippen molar-refractivity contribution >= 4 is 22.6 Å². The quantitative estimate of drug-likeness (QED) is 0.391. The van der Waals surface area contributed by atoms with Crippen LogP contribution in [0.3, 0.4) is 0 Å². The Morgan fingerprint density at radius 2 is 1.83 bits per heavy atom. The Bertz CT molecular complexity index is 1050. The lowest BCUT2D eigenvalue weighted by Crippen LogP contribution is -2.02. The minimum absolute atomic E-state index is 0.433. The molecule has 1 heterocycles. The maximum absolute atomic E-state index is 12.3. The van der Waals surface area contributed by atoms with Gasteiger partial charge in [0.15, 0.2) is 0 Å². The molecule has 0 bridgehead atoms. The van der Waals surface area contributed by atoms with Gasteiger partial charge in [0.1, 0.15) is 16.8 Å². The summed E-state index contributed by atoms with van der Waals surface area (Å²) in [5.41, 5.74) is 4.03. The monoisotopic (exact) mass is 436 g/mol.